The molecule has 2 rings (SSSR count). The average molecular weight is 593 g/mol. The molecule has 0 bridgehead atoms. The van der Waals surface area contributed by atoms with Crippen molar-refractivity contribution in [1.29, 1.82) is 0 Å². The molecule has 0 saturated heterocycles. The van der Waals surface area contributed by atoms with E-state index in [2.05, 4.69) is 0 Å². The van der Waals surface area contributed by atoms with Crippen molar-refractivity contribution in [3.63, 3.8) is 0 Å². The van der Waals surface area contributed by atoms with E-state index in [1.165, 1.54) is 0 Å². The molecule has 41 heavy (non-hydrogen) atoms. The molecule has 244 valence electrons. The van der Waals surface area contributed by atoms with Gasteiger partial charge in [-0.2, -0.15) is 0 Å². The highest BCUT2D eigenvalue weighted by atomic mass is 16.7. The Labute approximate surface area is 248 Å². The Morgan fingerprint density at radius 1 is 0.463 bits per heavy atom. The SMILES string of the molecule is C.O=C(OCC1CCC(CO)CC1)OCC1CCC(CO)CC1.O=C(OCCCCCCO)OCCCCCCO. The lowest BCUT2D eigenvalue weighted by Crippen LogP contribution is -2.24. The van der Waals surface area contributed by atoms with Gasteiger partial charge in [0.05, 0.1) is 26.4 Å². The molecular weight excluding hydrogens is 532 g/mol. The van der Waals surface area contributed by atoms with Crippen LogP contribution in [-0.4, -0.2) is 85.6 Å². The first-order valence-electron chi connectivity index (χ1n) is 15.5. The molecule has 0 heterocycles. The summed E-state index contributed by atoms with van der Waals surface area (Å²) in [6, 6.07) is 0. The third-order valence-corrected chi connectivity index (χ3v) is 7.87. The smallest absolute Gasteiger partial charge is 0.434 e. The molecule has 0 unspecified atom stereocenters. The van der Waals surface area contributed by atoms with Crippen molar-refractivity contribution < 1.29 is 49.0 Å². The summed E-state index contributed by atoms with van der Waals surface area (Å²) in [5, 5.41) is 35.3. The maximum Gasteiger partial charge on any atom is 0.508 e. The van der Waals surface area contributed by atoms with Gasteiger partial charge in [-0.3, -0.25) is 0 Å². The van der Waals surface area contributed by atoms with Crippen LogP contribution in [0.4, 0.5) is 9.59 Å². The standard InChI is InChI=1S/C17H30O5.C13H26O5.CH4/c18-9-13-1-5-15(6-2-13)11-21-17(20)22-12-16-7-3-14(10-19)4-8-16;14-9-5-1-3-7-11-17-13(16)18-12-8-4-2-6-10-15;/h13-16,18-19H,1-12H2;14-15H,1-12H2;1H4. The summed E-state index contributed by atoms with van der Waals surface area (Å²) in [4.78, 5) is 22.7. The van der Waals surface area contributed by atoms with Crippen molar-refractivity contribution in [2.75, 3.05) is 52.9 Å². The Morgan fingerprint density at radius 3 is 1.12 bits per heavy atom. The number of unbranched alkanes of at least 4 members (excludes halogenated alkanes) is 6. The number of aliphatic hydroxyl groups excluding tert-OH is 4. The van der Waals surface area contributed by atoms with Gasteiger partial charge in [-0.15, -0.1) is 0 Å². The van der Waals surface area contributed by atoms with Gasteiger partial charge in [0, 0.05) is 26.4 Å². The van der Waals surface area contributed by atoms with E-state index in [-0.39, 0.29) is 33.9 Å². The molecule has 0 aliphatic heterocycles. The Kier molecular flexibility index (Phi) is 26.2. The van der Waals surface area contributed by atoms with Gasteiger partial charge in [-0.1, -0.05) is 20.3 Å². The molecule has 2 saturated carbocycles. The molecule has 2 fully saturated rings. The Hall–Kier alpha value is -1.62. The largest absolute Gasteiger partial charge is 0.508 e. The quantitative estimate of drug-likeness (QED) is 0.117. The van der Waals surface area contributed by atoms with E-state index in [4.69, 9.17) is 39.4 Å². The summed E-state index contributed by atoms with van der Waals surface area (Å²) in [5.41, 5.74) is 0. The van der Waals surface area contributed by atoms with Crippen molar-refractivity contribution >= 4 is 12.3 Å². The predicted molar refractivity (Wildman–Crippen MR) is 158 cm³/mol. The van der Waals surface area contributed by atoms with E-state index >= 15 is 0 Å². The summed E-state index contributed by atoms with van der Waals surface area (Å²) in [6.45, 7) is 2.63. The van der Waals surface area contributed by atoms with Crippen molar-refractivity contribution in [2.45, 2.75) is 110 Å². The first-order chi connectivity index (χ1) is 19.5. The fraction of sp³-hybridized carbons (Fsp3) is 0.935. The van der Waals surface area contributed by atoms with Gasteiger partial charge in [0.1, 0.15) is 0 Å². The van der Waals surface area contributed by atoms with Crippen LogP contribution in [0.15, 0.2) is 0 Å². The minimum absolute atomic E-state index is 0. The van der Waals surface area contributed by atoms with E-state index in [0.29, 0.717) is 50.1 Å². The molecule has 0 aromatic heterocycles. The summed E-state index contributed by atoms with van der Waals surface area (Å²) in [7, 11) is 0. The fourth-order valence-corrected chi connectivity index (χ4v) is 5.06. The van der Waals surface area contributed by atoms with Crippen LogP contribution in [0.3, 0.4) is 0 Å². The molecule has 2 aliphatic carbocycles. The van der Waals surface area contributed by atoms with Crippen molar-refractivity contribution in [1.82, 2.24) is 0 Å². The van der Waals surface area contributed by atoms with Crippen molar-refractivity contribution in [2.24, 2.45) is 23.7 Å². The highest BCUT2D eigenvalue weighted by Gasteiger charge is 2.24. The number of hydrogen-bond donors (Lipinski definition) is 4. The van der Waals surface area contributed by atoms with E-state index < -0.39 is 12.3 Å². The van der Waals surface area contributed by atoms with Gasteiger partial charge in [0.2, 0.25) is 0 Å². The molecular formula is C31H60O10. The zero-order valence-electron chi connectivity index (χ0n) is 24.5. The molecule has 0 radical (unpaired) electrons. The minimum atomic E-state index is -0.598. The lowest BCUT2D eigenvalue weighted by molar-refractivity contribution is 0.0206. The van der Waals surface area contributed by atoms with Crippen molar-refractivity contribution in [3.8, 4) is 0 Å². The Balaban J connectivity index is 0.000000780. The third-order valence-electron chi connectivity index (χ3n) is 7.87. The fourth-order valence-electron chi connectivity index (χ4n) is 5.06. The number of rotatable bonds is 18. The third kappa shape index (κ3) is 21.7. The van der Waals surface area contributed by atoms with E-state index in [9.17, 15) is 9.59 Å². The second-order valence-corrected chi connectivity index (χ2v) is 11.2. The van der Waals surface area contributed by atoms with E-state index in [1.54, 1.807) is 0 Å². The predicted octanol–water partition coefficient (Wildman–Crippen LogP) is 5.62. The second-order valence-electron chi connectivity index (χ2n) is 11.2. The highest BCUT2D eigenvalue weighted by molar-refractivity contribution is 5.60. The molecule has 10 heteroatoms. The Morgan fingerprint density at radius 2 is 0.780 bits per heavy atom. The van der Waals surface area contributed by atoms with E-state index in [1.807, 2.05) is 0 Å². The molecule has 0 atom stereocenters. The first kappa shape index (κ1) is 39.4. The van der Waals surface area contributed by atoms with Gasteiger partial charge in [-0.25, -0.2) is 9.59 Å². The molecule has 0 aromatic rings. The number of hydrogen-bond acceptors (Lipinski definition) is 10. The molecule has 0 amide bonds. The summed E-state index contributed by atoms with van der Waals surface area (Å²) >= 11 is 0. The zero-order chi connectivity index (χ0) is 29.3. The first-order valence-corrected chi connectivity index (χ1v) is 15.5. The maximum absolute atomic E-state index is 11.6. The normalized spacial score (nSPS) is 22.0. The monoisotopic (exact) mass is 592 g/mol. The molecule has 2 aliphatic rings. The molecule has 0 spiro atoms. The van der Waals surface area contributed by atoms with Gasteiger partial charge in [0.15, 0.2) is 0 Å². The van der Waals surface area contributed by atoms with Crippen LogP contribution in [0, 0.1) is 23.7 Å². The van der Waals surface area contributed by atoms with Crippen LogP contribution in [0.1, 0.15) is 110 Å². The van der Waals surface area contributed by atoms with Gasteiger partial charge < -0.3 is 39.4 Å². The number of ether oxygens (including phenoxy) is 4. The molecule has 10 nitrogen and oxygen atoms in total. The number of aliphatic hydroxyl groups is 4. The van der Waals surface area contributed by atoms with Crippen LogP contribution < -0.4 is 0 Å². The van der Waals surface area contributed by atoms with Crippen molar-refractivity contribution in [3.05, 3.63) is 0 Å². The summed E-state index contributed by atoms with van der Waals surface area (Å²) in [6.07, 6.45) is 14.1. The summed E-state index contributed by atoms with van der Waals surface area (Å²) in [5.74, 6) is 1.68. The Bertz CT molecular complexity index is 554. The van der Waals surface area contributed by atoms with Crippen LogP contribution in [-0.2, 0) is 18.9 Å². The molecule has 0 aromatic carbocycles. The van der Waals surface area contributed by atoms with Crippen LogP contribution in [0.25, 0.3) is 0 Å². The zero-order valence-corrected chi connectivity index (χ0v) is 24.5. The second kappa shape index (κ2) is 27.2. The minimum Gasteiger partial charge on any atom is -0.434 e. The van der Waals surface area contributed by atoms with Crippen LogP contribution in [0.5, 0.6) is 0 Å². The topological polar surface area (TPSA) is 152 Å². The number of carbonyl (C=O) groups is 2. The highest BCUT2D eigenvalue weighted by Crippen LogP contribution is 2.30. The molecule has 4 N–H and O–H groups in total. The van der Waals surface area contributed by atoms with Gasteiger partial charge >= 0.3 is 12.3 Å². The van der Waals surface area contributed by atoms with Gasteiger partial charge in [0.25, 0.3) is 0 Å². The lowest BCUT2D eigenvalue weighted by Gasteiger charge is -2.27. The summed E-state index contributed by atoms with van der Waals surface area (Å²) < 4.78 is 20.2. The van der Waals surface area contributed by atoms with Crippen LogP contribution >= 0.6 is 0 Å². The number of carbonyl (C=O) groups excluding carboxylic acids is 2. The van der Waals surface area contributed by atoms with Gasteiger partial charge in [-0.05, 0) is 114 Å². The average Bonchev–Trinajstić information content (AvgIpc) is 2.99. The maximum atomic E-state index is 11.6. The van der Waals surface area contributed by atoms with E-state index in [0.717, 1.165) is 103 Å². The van der Waals surface area contributed by atoms with Crippen LogP contribution in [0.2, 0.25) is 0 Å². The lowest BCUT2D eigenvalue weighted by atomic mass is 9.83.